The monoisotopic (exact) mass is 186 g/mol. The zero-order valence-electron chi connectivity index (χ0n) is 7.08. The molecule has 0 rings (SSSR count). The summed E-state index contributed by atoms with van der Waals surface area (Å²) in [5, 5.41) is 0. The van der Waals surface area contributed by atoms with Crippen molar-refractivity contribution in [3.8, 4) is 0 Å². The van der Waals surface area contributed by atoms with Crippen molar-refractivity contribution in [1.29, 1.82) is 0 Å². The van der Waals surface area contributed by atoms with Crippen molar-refractivity contribution < 1.29 is 9.53 Å². The van der Waals surface area contributed by atoms with E-state index in [0.29, 0.717) is 5.57 Å². The molecule has 0 aliphatic carbocycles. The molecule has 0 atom stereocenters. The molecule has 0 heterocycles. The zero-order valence-corrected chi connectivity index (χ0v) is 7.84. The highest BCUT2D eigenvalue weighted by atomic mass is 35.5. The van der Waals surface area contributed by atoms with Crippen molar-refractivity contribution >= 4 is 17.6 Å². The average molecular weight is 187 g/mol. The predicted molar refractivity (Wildman–Crippen MR) is 49.9 cm³/mol. The molecule has 0 aromatic heterocycles. The second kappa shape index (κ2) is 6.68. The molecule has 0 aromatic rings. The number of carbonyl (C=O) groups is 1. The maximum absolute atomic E-state index is 10.8. The Morgan fingerprint density at radius 3 is 2.50 bits per heavy atom. The number of hydrogen-bond donors (Lipinski definition) is 0. The molecular weight excluding hydrogens is 176 g/mol. The molecule has 0 radical (unpaired) electrons. The van der Waals surface area contributed by atoms with Crippen LogP contribution in [0.4, 0.5) is 0 Å². The van der Waals surface area contributed by atoms with Gasteiger partial charge < -0.3 is 4.74 Å². The van der Waals surface area contributed by atoms with Gasteiger partial charge in [-0.1, -0.05) is 35.9 Å². The molecule has 3 heteroatoms. The first-order valence-corrected chi connectivity index (χ1v) is 3.84. The summed E-state index contributed by atoms with van der Waals surface area (Å²) in [7, 11) is 1.35. The molecule has 0 aliphatic rings. The fourth-order valence-electron chi connectivity index (χ4n) is 0.535. The van der Waals surface area contributed by atoms with E-state index in [4.69, 9.17) is 11.6 Å². The van der Waals surface area contributed by atoms with Crippen LogP contribution in [0.25, 0.3) is 0 Å². The number of esters is 1. The van der Waals surface area contributed by atoms with Crippen LogP contribution < -0.4 is 0 Å². The Balaban J connectivity index is 4.08. The van der Waals surface area contributed by atoms with Crippen LogP contribution in [0.3, 0.4) is 0 Å². The number of carbonyl (C=O) groups excluding carboxylic acids is 1. The molecule has 0 saturated heterocycles. The smallest absolute Gasteiger partial charge is 0.333 e. The molecule has 0 aliphatic heterocycles. The summed E-state index contributed by atoms with van der Waals surface area (Å²) in [5.74, 6) is -0.325. The van der Waals surface area contributed by atoms with E-state index in [1.807, 2.05) is 0 Å². The Morgan fingerprint density at radius 2 is 2.00 bits per heavy atom. The van der Waals surface area contributed by atoms with E-state index in [9.17, 15) is 4.79 Å². The van der Waals surface area contributed by atoms with Gasteiger partial charge in [0.2, 0.25) is 0 Å². The summed E-state index contributed by atoms with van der Waals surface area (Å²) in [6.07, 6.45) is 6.75. The highest BCUT2D eigenvalue weighted by Gasteiger charge is 1.99. The lowest BCUT2D eigenvalue weighted by molar-refractivity contribution is -0.136. The molecule has 2 nitrogen and oxygen atoms in total. The van der Waals surface area contributed by atoms with E-state index in [1.165, 1.54) is 12.6 Å². The number of ether oxygens (including phenoxy) is 1. The summed E-state index contributed by atoms with van der Waals surface area (Å²) in [5.41, 5.74) is 1.94. The van der Waals surface area contributed by atoms with E-state index < -0.39 is 0 Å². The van der Waals surface area contributed by atoms with Gasteiger partial charge >= 0.3 is 5.97 Å². The minimum absolute atomic E-state index is 0.325. The summed E-state index contributed by atoms with van der Waals surface area (Å²) < 4.78 is 4.48. The first-order valence-electron chi connectivity index (χ1n) is 3.41. The topological polar surface area (TPSA) is 26.3 Å². The summed E-state index contributed by atoms with van der Waals surface area (Å²) in [6.45, 7) is 1.68. The Bertz CT molecular complexity index is 227. The molecule has 0 unspecified atom stereocenters. The summed E-state index contributed by atoms with van der Waals surface area (Å²) in [4.78, 5) is 10.8. The third-order valence-corrected chi connectivity index (χ3v) is 1.29. The van der Waals surface area contributed by atoms with Gasteiger partial charge in [-0.05, 0) is 6.92 Å². The summed E-state index contributed by atoms with van der Waals surface area (Å²) >= 11 is 5.26. The molecule has 66 valence electrons. The van der Waals surface area contributed by atoms with E-state index in [-0.39, 0.29) is 5.97 Å². The summed E-state index contributed by atoms with van der Waals surface area (Å²) in [6, 6.07) is 0. The maximum atomic E-state index is 10.8. The predicted octanol–water partition coefficient (Wildman–Crippen LogP) is 2.41. The highest BCUT2D eigenvalue weighted by Crippen LogP contribution is 1.95. The van der Waals surface area contributed by atoms with Crippen LogP contribution in [0.1, 0.15) is 6.92 Å². The molecule has 0 bridgehead atoms. The molecule has 0 N–H and O–H groups in total. The second-order valence-corrected chi connectivity index (χ2v) is 2.30. The van der Waals surface area contributed by atoms with Crippen molar-refractivity contribution in [2.24, 2.45) is 0 Å². The van der Waals surface area contributed by atoms with Crippen molar-refractivity contribution in [3.05, 3.63) is 35.4 Å². The van der Waals surface area contributed by atoms with Crippen LogP contribution >= 0.6 is 11.6 Å². The number of allylic oxidation sites excluding steroid dienone is 4. The number of hydrogen-bond acceptors (Lipinski definition) is 2. The fraction of sp³-hybridized carbons (Fsp3) is 0.222. The molecule has 0 saturated carbocycles. The second-order valence-electron chi connectivity index (χ2n) is 2.04. The Labute approximate surface area is 77.2 Å². The molecular formula is C9H11ClO2. The van der Waals surface area contributed by atoms with E-state index in [0.717, 1.165) is 0 Å². The number of halogens is 1. The van der Waals surface area contributed by atoms with Gasteiger partial charge in [0, 0.05) is 11.1 Å². The first-order chi connectivity index (χ1) is 5.72. The van der Waals surface area contributed by atoms with Gasteiger partial charge in [-0.2, -0.15) is 0 Å². The maximum Gasteiger partial charge on any atom is 0.333 e. The Hall–Kier alpha value is -1.02. The lowest BCUT2D eigenvalue weighted by atomic mass is 10.3. The molecule has 0 fully saturated rings. The van der Waals surface area contributed by atoms with E-state index >= 15 is 0 Å². The number of methoxy groups -OCH3 is 1. The minimum Gasteiger partial charge on any atom is -0.466 e. The van der Waals surface area contributed by atoms with Gasteiger partial charge in [-0.25, -0.2) is 4.79 Å². The van der Waals surface area contributed by atoms with Crippen molar-refractivity contribution in [2.45, 2.75) is 6.92 Å². The fourth-order valence-corrected chi connectivity index (χ4v) is 0.619. The third-order valence-electron chi connectivity index (χ3n) is 1.15. The zero-order chi connectivity index (χ0) is 9.40. The van der Waals surface area contributed by atoms with Gasteiger partial charge in [0.1, 0.15) is 0 Å². The van der Waals surface area contributed by atoms with E-state index in [2.05, 4.69) is 4.74 Å². The quantitative estimate of drug-likeness (QED) is 0.385. The lowest BCUT2D eigenvalue weighted by Gasteiger charge is -1.94. The van der Waals surface area contributed by atoms with Gasteiger partial charge in [0.05, 0.1) is 7.11 Å². The van der Waals surface area contributed by atoms with Crippen LogP contribution in [-0.2, 0) is 9.53 Å². The molecule has 0 aromatic carbocycles. The average Bonchev–Trinajstić information content (AvgIpc) is 2.10. The molecule has 12 heavy (non-hydrogen) atoms. The minimum atomic E-state index is -0.325. The van der Waals surface area contributed by atoms with Gasteiger partial charge in [-0.3, -0.25) is 0 Å². The Morgan fingerprint density at radius 1 is 1.33 bits per heavy atom. The standard InChI is InChI=1S/C9H11ClO2/c1-8(9(11)12-2)6-4-3-5-7-10/h3-7H,1-2H3/b4-3+,7-5+,8-6+. The van der Waals surface area contributed by atoms with Crippen LogP contribution in [0, 0.1) is 0 Å². The van der Waals surface area contributed by atoms with Crippen molar-refractivity contribution in [1.82, 2.24) is 0 Å². The molecule has 0 amide bonds. The van der Waals surface area contributed by atoms with E-state index in [1.54, 1.807) is 31.2 Å². The van der Waals surface area contributed by atoms with Crippen LogP contribution in [-0.4, -0.2) is 13.1 Å². The van der Waals surface area contributed by atoms with Crippen LogP contribution in [0.5, 0.6) is 0 Å². The van der Waals surface area contributed by atoms with Crippen molar-refractivity contribution in [2.75, 3.05) is 7.11 Å². The third kappa shape index (κ3) is 4.74. The number of rotatable bonds is 3. The molecule has 0 spiro atoms. The van der Waals surface area contributed by atoms with Gasteiger partial charge in [0.25, 0.3) is 0 Å². The van der Waals surface area contributed by atoms with Gasteiger partial charge in [-0.15, -0.1) is 0 Å². The first kappa shape index (κ1) is 11.0. The SMILES string of the molecule is COC(=O)/C(C)=C/C=C/C=C/Cl. The lowest BCUT2D eigenvalue weighted by Crippen LogP contribution is -2.00. The highest BCUT2D eigenvalue weighted by molar-refractivity contribution is 6.25. The van der Waals surface area contributed by atoms with Crippen LogP contribution in [0.15, 0.2) is 35.4 Å². The Kier molecular flexibility index (Phi) is 6.11. The van der Waals surface area contributed by atoms with Gasteiger partial charge in [0.15, 0.2) is 0 Å². The normalized spacial score (nSPS) is 12.8. The van der Waals surface area contributed by atoms with Crippen LogP contribution in [0.2, 0.25) is 0 Å². The van der Waals surface area contributed by atoms with Crippen molar-refractivity contribution in [3.63, 3.8) is 0 Å². The largest absolute Gasteiger partial charge is 0.466 e.